The smallest absolute Gasteiger partial charge is 0.310 e. The zero-order chi connectivity index (χ0) is 15.0. The van der Waals surface area contributed by atoms with Crippen molar-refractivity contribution >= 4 is 49.8 Å². The zero-order valence-corrected chi connectivity index (χ0v) is 11.7. The van der Waals surface area contributed by atoms with E-state index in [1.807, 2.05) is 0 Å². The number of nitrogens with one attached hydrogen (secondary N) is 1. The fraction of sp³-hybridized carbons (Fsp3) is 0. The molecular formula is C11H5ClFN5O2S. The lowest BCUT2D eigenvalue weighted by Gasteiger charge is -2.02. The van der Waals surface area contributed by atoms with E-state index in [9.17, 15) is 14.5 Å². The van der Waals surface area contributed by atoms with Gasteiger partial charge in [0.05, 0.1) is 15.1 Å². The van der Waals surface area contributed by atoms with Crippen molar-refractivity contribution in [2.75, 3.05) is 5.32 Å². The van der Waals surface area contributed by atoms with Crippen LogP contribution in [0.2, 0.25) is 5.15 Å². The number of nitro groups is 1. The van der Waals surface area contributed by atoms with Crippen molar-refractivity contribution in [3.63, 3.8) is 0 Å². The first-order valence-electron chi connectivity index (χ1n) is 5.52. The standard InChI is InChI=1S/C11H5ClFN5O2S/c12-9-8(18(19)20)10(15-4-14-9)17-11-16-6-2-1-5(13)3-7(6)21-11/h1-4H,(H,14,15,16,17). The van der Waals surface area contributed by atoms with Gasteiger partial charge in [0.25, 0.3) is 0 Å². The first-order chi connectivity index (χ1) is 10.0. The third kappa shape index (κ3) is 2.60. The van der Waals surface area contributed by atoms with Crippen molar-refractivity contribution in [1.29, 1.82) is 0 Å². The summed E-state index contributed by atoms with van der Waals surface area (Å²) >= 11 is 6.83. The quantitative estimate of drug-likeness (QED) is 0.450. The van der Waals surface area contributed by atoms with Gasteiger partial charge < -0.3 is 5.32 Å². The summed E-state index contributed by atoms with van der Waals surface area (Å²) < 4.78 is 13.7. The van der Waals surface area contributed by atoms with Crippen molar-refractivity contribution < 1.29 is 9.31 Å². The normalized spacial score (nSPS) is 10.8. The molecule has 1 N–H and O–H groups in total. The Balaban J connectivity index is 2.02. The number of halogens is 2. The van der Waals surface area contributed by atoms with Crippen molar-refractivity contribution in [2.24, 2.45) is 0 Å². The summed E-state index contributed by atoms with van der Waals surface area (Å²) in [5.41, 5.74) is 0.135. The van der Waals surface area contributed by atoms with E-state index in [-0.39, 0.29) is 16.8 Å². The Morgan fingerprint density at radius 2 is 2.19 bits per heavy atom. The van der Waals surface area contributed by atoms with Gasteiger partial charge in [-0.1, -0.05) is 22.9 Å². The van der Waals surface area contributed by atoms with Gasteiger partial charge in [-0.15, -0.1) is 0 Å². The minimum Gasteiger partial charge on any atom is -0.310 e. The second kappa shape index (κ2) is 5.19. The van der Waals surface area contributed by atoms with Gasteiger partial charge >= 0.3 is 5.69 Å². The largest absolute Gasteiger partial charge is 0.348 e. The molecule has 0 amide bonds. The van der Waals surface area contributed by atoms with Crippen LogP contribution < -0.4 is 5.32 Å². The van der Waals surface area contributed by atoms with E-state index in [4.69, 9.17) is 11.6 Å². The highest BCUT2D eigenvalue weighted by molar-refractivity contribution is 7.22. The Kier molecular flexibility index (Phi) is 3.35. The van der Waals surface area contributed by atoms with Crippen LogP contribution in [0, 0.1) is 15.9 Å². The fourth-order valence-electron chi connectivity index (χ4n) is 1.66. The van der Waals surface area contributed by atoms with Crippen LogP contribution >= 0.6 is 22.9 Å². The highest BCUT2D eigenvalue weighted by Crippen LogP contribution is 2.33. The van der Waals surface area contributed by atoms with Gasteiger partial charge in [0.1, 0.15) is 12.1 Å². The molecule has 0 saturated heterocycles. The number of aromatic nitrogens is 3. The second-order valence-electron chi connectivity index (χ2n) is 3.87. The van der Waals surface area contributed by atoms with Crippen molar-refractivity contribution in [3.05, 3.63) is 45.6 Å². The molecule has 3 rings (SSSR count). The molecule has 7 nitrogen and oxygen atoms in total. The Morgan fingerprint density at radius 3 is 2.95 bits per heavy atom. The Hall–Kier alpha value is -2.39. The number of rotatable bonds is 3. The SMILES string of the molecule is O=[N+]([O-])c1c(Cl)ncnc1Nc1nc2ccc(F)cc2s1. The van der Waals surface area contributed by atoms with E-state index in [1.165, 1.54) is 18.2 Å². The molecule has 0 aliphatic heterocycles. The fourth-order valence-corrected chi connectivity index (χ4v) is 2.76. The minimum absolute atomic E-state index is 0.0699. The van der Waals surface area contributed by atoms with Crippen molar-refractivity contribution in [2.45, 2.75) is 0 Å². The Labute approximate surface area is 125 Å². The van der Waals surface area contributed by atoms with Crippen LogP contribution in [-0.2, 0) is 0 Å². The molecule has 0 aliphatic carbocycles. The molecule has 1 aromatic carbocycles. The molecule has 21 heavy (non-hydrogen) atoms. The molecule has 0 bridgehead atoms. The van der Waals surface area contributed by atoms with Crippen LogP contribution in [0.3, 0.4) is 0 Å². The number of fused-ring (bicyclic) bond motifs is 1. The van der Waals surface area contributed by atoms with E-state index in [1.54, 1.807) is 0 Å². The van der Waals surface area contributed by atoms with E-state index in [2.05, 4.69) is 20.3 Å². The van der Waals surface area contributed by atoms with Crippen LogP contribution in [0.25, 0.3) is 10.2 Å². The summed E-state index contributed by atoms with van der Waals surface area (Å²) in [5, 5.41) is 13.8. The summed E-state index contributed by atoms with van der Waals surface area (Å²) in [4.78, 5) is 21.8. The molecule has 0 saturated carbocycles. The van der Waals surface area contributed by atoms with Gasteiger partial charge in [-0.05, 0) is 18.2 Å². The van der Waals surface area contributed by atoms with Crippen LogP contribution in [-0.4, -0.2) is 19.9 Å². The molecule has 0 unspecified atom stereocenters. The maximum absolute atomic E-state index is 13.1. The molecular weight excluding hydrogens is 321 g/mol. The predicted octanol–water partition coefficient (Wildman–Crippen LogP) is 3.53. The van der Waals surface area contributed by atoms with Gasteiger partial charge in [0, 0.05) is 0 Å². The average Bonchev–Trinajstić information content (AvgIpc) is 2.79. The maximum atomic E-state index is 13.1. The molecule has 0 spiro atoms. The molecule has 3 aromatic rings. The maximum Gasteiger partial charge on any atom is 0.348 e. The minimum atomic E-state index is -0.683. The zero-order valence-electron chi connectivity index (χ0n) is 10.1. The molecule has 0 fully saturated rings. The summed E-state index contributed by atoms with van der Waals surface area (Å²) in [5.74, 6) is -0.451. The number of nitrogens with zero attached hydrogens (tertiary/aromatic N) is 4. The number of anilines is 2. The molecule has 10 heteroatoms. The monoisotopic (exact) mass is 325 g/mol. The van der Waals surface area contributed by atoms with Crippen molar-refractivity contribution in [1.82, 2.24) is 15.0 Å². The highest BCUT2D eigenvalue weighted by atomic mass is 35.5. The molecule has 106 valence electrons. The van der Waals surface area contributed by atoms with Gasteiger partial charge in [0.15, 0.2) is 5.13 Å². The van der Waals surface area contributed by atoms with E-state index in [0.29, 0.717) is 15.3 Å². The summed E-state index contributed by atoms with van der Waals surface area (Å²) in [6, 6.07) is 4.14. The van der Waals surface area contributed by atoms with Crippen LogP contribution in [0.15, 0.2) is 24.5 Å². The van der Waals surface area contributed by atoms with E-state index in [0.717, 1.165) is 17.7 Å². The molecule has 0 radical (unpaired) electrons. The topological polar surface area (TPSA) is 93.8 Å². The number of hydrogen-bond donors (Lipinski definition) is 1. The van der Waals surface area contributed by atoms with Crippen LogP contribution in [0.1, 0.15) is 0 Å². The van der Waals surface area contributed by atoms with Gasteiger partial charge in [0.2, 0.25) is 11.0 Å². The summed E-state index contributed by atoms with van der Waals surface area (Å²) in [7, 11) is 0. The van der Waals surface area contributed by atoms with Crippen LogP contribution in [0.4, 0.5) is 21.0 Å². The molecule has 0 aliphatic rings. The number of thiazole rings is 1. The molecule has 2 heterocycles. The van der Waals surface area contributed by atoms with Crippen molar-refractivity contribution in [3.8, 4) is 0 Å². The third-order valence-electron chi connectivity index (χ3n) is 2.54. The van der Waals surface area contributed by atoms with Crippen LogP contribution in [0.5, 0.6) is 0 Å². The average molecular weight is 326 g/mol. The molecule has 2 aromatic heterocycles. The third-order valence-corrected chi connectivity index (χ3v) is 3.75. The van der Waals surface area contributed by atoms with E-state index < -0.39 is 10.6 Å². The van der Waals surface area contributed by atoms with Gasteiger partial charge in [-0.25, -0.2) is 19.3 Å². The van der Waals surface area contributed by atoms with Gasteiger partial charge in [-0.3, -0.25) is 10.1 Å². The summed E-state index contributed by atoms with van der Waals surface area (Å²) in [6.45, 7) is 0. The first kappa shape index (κ1) is 13.6. The highest BCUT2D eigenvalue weighted by Gasteiger charge is 2.22. The predicted molar refractivity (Wildman–Crippen MR) is 76.6 cm³/mol. The summed E-state index contributed by atoms with van der Waals surface area (Å²) in [6.07, 6.45) is 1.10. The number of benzene rings is 1. The first-order valence-corrected chi connectivity index (χ1v) is 6.72. The Morgan fingerprint density at radius 1 is 1.38 bits per heavy atom. The van der Waals surface area contributed by atoms with E-state index >= 15 is 0 Å². The lowest BCUT2D eigenvalue weighted by atomic mass is 10.3. The Bertz CT molecular complexity index is 856. The second-order valence-corrected chi connectivity index (χ2v) is 5.26. The lowest BCUT2D eigenvalue weighted by Crippen LogP contribution is -2.01. The number of hydrogen-bond acceptors (Lipinski definition) is 7. The molecule has 0 atom stereocenters. The van der Waals surface area contributed by atoms with Gasteiger partial charge in [-0.2, -0.15) is 0 Å². The lowest BCUT2D eigenvalue weighted by molar-refractivity contribution is -0.384.